The minimum atomic E-state index is 0.889. The first kappa shape index (κ1) is 17.3. The molecule has 0 bridgehead atoms. The molecular weight excluding hydrogens is 402 g/mol. The van der Waals surface area contributed by atoms with E-state index in [2.05, 4.69) is 89.9 Å². The zero-order valence-corrected chi connectivity index (χ0v) is 17.9. The van der Waals surface area contributed by atoms with Gasteiger partial charge in [-0.2, -0.15) is 0 Å². The van der Waals surface area contributed by atoms with E-state index >= 15 is 0 Å². The number of aromatic amines is 1. The topological polar surface area (TPSA) is 40.5 Å². The Morgan fingerprint density at radius 1 is 0.758 bits per heavy atom. The van der Waals surface area contributed by atoms with Crippen molar-refractivity contribution in [3.05, 3.63) is 128 Å². The second kappa shape index (κ2) is 6.17. The maximum Gasteiger partial charge on any atom is 0.0951 e. The largest absolute Gasteiger partial charge is 0.351 e. The minimum Gasteiger partial charge on any atom is -0.351 e. The van der Waals surface area contributed by atoms with Crippen molar-refractivity contribution in [3.8, 4) is 0 Å². The van der Waals surface area contributed by atoms with Crippen molar-refractivity contribution in [1.29, 1.82) is 0 Å². The van der Waals surface area contributed by atoms with Gasteiger partial charge >= 0.3 is 0 Å². The second-order valence-electron chi connectivity index (χ2n) is 9.01. The number of benzene rings is 3. The van der Waals surface area contributed by atoms with Crippen molar-refractivity contribution >= 4 is 33.8 Å². The molecular formula is C30H19N3. The van der Waals surface area contributed by atoms with Gasteiger partial charge in [0.05, 0.1) is 33.5 Å². The highest BCUT2D eigenvalue weighted by Gasteiger charge is 2.32. The molecule has 0 unspecified atom stereocenters. The van der Waals surface area contributed by atoms with Crippen LogP contribution in [0.15, 0.2) is 94.9 Å². The number of hydrogen-bond donors (Lipinski definition) is 1. The quantitative estimate of drug-likeness (QED) is 0.490. The minimum absolute atomic E-state index is 0.889. The molecule has 4 aromatic rings. The van der Waals surface area contributed by atoms with Gasteiger partial charge in [-0.25, -0.2) is 9.98 Å². The van der Waals surface area contributed by atoms with Crippen molar-refractivity contribution in [3.63, 3.8) is 0 Å². The van der Waals surface area contributed by atoms with Crippen LogP contribution < -0.4 is 21.1 Å². The number of aromatic nitrogens is 1. The molecule has 33 heavy (non-hydrogen) atoms. The lowest BCUT2D eigenvalue weighted by molar-refractivity contribution is 1.21. The SMILES string of the molecule is C1=C2C(=Nc3ccccc32)c2[nH]c3c(c2C1)=C(c1ccccc1)CC1=c2ccccc2=NC=31. The number of allylic oxidation sites excluding steroid dienone is 2. The summed E-state index contributed by atoms with van der Waals surface area (Å²) in [4.78, 5) is 14.0. The molecule has 0 saturated heterocycles. The number of hydrogen-bond acceptors (Lipinski definition) is 2. The fraction of sp³-hybridized carbons (Fsp3) is 0.0667. The molecule has 0 atom stereocenters. The van der Waals surface area contributed by atoms with Crippen molar-refractivity contribution < 1.29 is 0 Å². The van der Waals surface area contributed by atoms with Gasteiger partial charge in [-0.1, -0.05) is 72.8 Å². The Bertz CT molecular complexity index is 1850. The maximum absolute atomic E-state index is 5.09. The van der Waals surface area contributed by atoms with Gasteiger partial charge in [0.1, 0.15) is 0 Å². The maximum atomic E-state index is 5.09. The van der Waals surface area contributed by atoms with Crippen LogP contribution in [0.1, 0.15) is 28.8 Å². The zero-order valence-electron chi connectivity index (χ0n) is 17.9. The molecule has 3 heterocycles. The fourth-order valence-corrected chi connectivity index (χ4v) is 5.84. The predicted octanol–water partition coefficient (Wildman–Crippen LogP) is 3.28. The molecule has 1 N–H and O–H groups in total. The van der Waals surface area contributed by atoms with Crippen LogP contribution >= 0.6 is 0 Å². The standard InChI is InChI=1S/C30H19N3/c1-2-8-17(9-3-1)22-16-23-19-11-5-7-13-25(19)32-29(23)30-26(22)21-15-14-20-18-10-4-6-12-24(18)31-27(20)28(21)33-30/h1-14,33H,15-16H2. The van der Waals surface area contributed by atoms with E-state index in [0.29, 0.717) is 0 Å². The second-order valence-corrected chi connectivity index (χ2v) is 9.01. The normalized spacial score (nSPS) is 16.7. The van der Waals surface area contributed by atoms with Gasteiger partial charge < -0.3 is 4.98 Å². The third kappa shape index (κ3) is 2.24. The van der Waals surface area contributed by atoms with Crippen molar-refractivity contribution in [2.45, 2.75) is 12.8 Å². The average Bonchev–Trinajstić information content (AvgIpc) is 3.55. The molecule has 0 fully saturated rings. The van der Waals surface area contributed by atoms with Gasteiger partial charge in [-0.05, 0) is 40.8 Å². The number of para-hydroxylation sites is 2. The Morgan fingerprint density at radius 2 is 1.58 bits per heavy atom. The molecule has 3 nitrogen and oxygen atoms in total. The molecule has 8 rings (SSSR count). The summed E-state index contributed by atoms with van der Waals surface area (Å²) in [6, 6.07) is 27.8. The van der Waals surface area contributed by atoms with Crippen LogP contribution in [0.5, 0.6) is 0 Å². The summed E-state index contributed by atoms with van der Waals surface area (Å²) in [6.45, 7) is 0. The molecule has 154 valence electrons. The van der Waals surface area contributed by atoms with Crippen molar-refractivity contribution in [2.75, 3.05) is 0 Å². The Kier molecular flexibility index (Phi) is 3.24. The van der Waals surface area contributed by atoms with E-state index in [4.69, 9.17) is 9.98 Å². The summed E-state index contributed by atoms with van der Waals surface area (Å²) >= 11 is 0. The molecule has 2 aliphatic heterocycles. The van der Waals surface area contributed by atoms with Gasteiger partial charge in [0, 0.05) is 28.0 Å². The summed E-state index contributed by atoms with van der Waals surface area (Å²) in [5.41, 5.74) is 12.2. The molecule has 0 radical (unpaired) electrons. The lowest BCUT2D eigenvalue weighted by Crippen LogP contribution is -2.34. The third-order valence-corrected chi connectivity index (χ3v) is 7.29. The molecule has 0 spiro atoms. The first-order chi connectivity index (χ1) is 16.4. The van der Waals surface area contributed by atoms with Crippen molar-refractivity contribution in [1.82, 2.24) is 4.98 Å². The first-order valence-corrected chi connectivity index (χ1v) is 11.5. The van der Waals surface area contributed by atoms with Crippen LogP contribution in [-0.2, 0) is 6.42 Å². The smallest absolute Gasteiger partial charge is 0.0951 e. The zero-order chi connectivity index (χ0) is 21.5. The number of rotatable bonds is 1. The molecule has 2 aliphatic carbocycles. The number of nitrogens with one attached hydrogen (secondary N) is 1. The lowest BCUT2D eigenvalue weighted by atomic mass is 9.86. The average molecular weight is 422 g/mol. The van der Waals surface area contributed by atoms with Gasteiger partial charge in [0.2, 0.25) is 0 Å². The first-order valence-electron chi connectivity index (χ1n) is 11.5. The van der Waals surface area contributed by atoms with E-state index in [1.54, 1.807) is 0 Å². The Balaban J connectivity index is 1.50. The van der Waals surface area contributed by atoms with Crippen LogP contribution in [0.25, 0.3) is 22.4 Å². The Morgan fingerprint density at radius 3 is 2.52 bits per heavy atom. The summed E-state index contributed by atoms with van der Waals surface area (Å²) in [5.74, 6) is 0. The lowest BCUT2D eigenvalue weighted by Gasteiger charge is -2.16. The highest BCUT2D eigenvalue weighted by molar-refractivity contribution is 6.36. The number of nitrogens with zero attached hydrogens (tertiary/aromatic N) is 2. The molecule has 4 aliphatic rings. The summed E-state index contributed by atoms with van der Waals surface area (Å²) in [5, 5.41) is 4.79. The van der Waals surface area contributed by atoms with Crippen LogP contribution in [-0.4, -0.2) is 10.7 Å². The van der Waals surface area contributed by atoms with Gasteiger partial charge in [-0.15, -0.1) is 0 Å². The van der Waals surface area contributed by atoms with E-state index in [1.165, 1.54) is 43.8 Å². The molecule has 3 heteroatoms. The Labute approximate surface area is 190 Å². The molecule has 0 amide bonds. The van der Waals surface area contributed by atoms with Gasteiger partial charge in [0.25, 0.3) is 0 Å². The highest BCUT2D eigenvalue weighted by atomic mass is 14.9. The summed E-state index contributed by atoms with van der Waals surface area (Å²) in [6.07, 6.45) is 4.14. The Hall–Kier alpha value is -4.24. The highest BCUT2D eigenvalue weighted by Crippen LogP contribution is 2.39. The molecule has 3 aromatic carbocycles. The van der Waals surface area contributed by atoms with Gasteiger partial charge in [-0.3, -0.25) is 0 Å². The van der Waals surface area contributed by atoms with E-state index < -0.39 is 0 Å². The monoisotopic (exact) mass is 421 g/mol. The number of aliphatic imine (C=N–C) groups is 1. The fourth-order valence-electron chi connectivity index (χ4n) is 5.84. The number of fused-ring (bicyclic) bond motifs is 9. The summed E-state index contributed by atoms with van der Waals surface area (Å²) < 4.78 is 0. The third-order valence-electron chi connectivity index (χ3n) is 7.29. The van der Waals surface area contributed by atoms with Crippen LogP contribution in [0.4, 0.5) is 5.69 Å². The predicted molar refractivity (Wildman–Crippen MR) is 132 cm³/mol. The van der Waals surface area contributed by atoms with E-state index in [0.717, 1.165) is 46.3 Å². The summed E-state index contributed by atoms with van der Waals surface area (Å²) in [7, 11) is 0. The van der Waals surface area contributed by atoms with E-state index in [-0.39, 0.29) is 0 Å². The van der Waals surface area contributed by atoms with Crippen LogP contribution in [0.3, 0.4) is 0 Å². The molecule has 0 saturated carbocycles. The van der Waals surface area contributed by atoms with Crippen LogP contribution in [0, 0.1) is 0 Å². The van der Waals surface area contributed by atoms with Crippen molar-refractivity contribution in [2.24, 2.45) is 9.98 Å². The van der Waals surface area contributed by atoms with E-state index in [9.17, 15) is 0 Å². The van der Waals surface area contributed by atoms with E-state index in [1.807, 2.05) is 0 Å². The van der Waals surface area contributed by atoms with Crippen LogP contribution in [0.2, 0.25) is 0 Å². The number of H-pyrrole nitrogens is 1. The molecule has 1 aromatic heterocycles. The van der Waals surface area contributed by atoms with Gasteiger partial charge in [0.15, 0.2) is 0 Å².